The Hall–Kier alpha value is -0.490. The van der Waals surface area contributed by atoms with E-state index in [1.807, 2.05) is 11.6 Å². The predicted molar refractivity (Wildman–Crippen MR) is 65.6 cm³/mol. The summed E-state index contributed by atoms with van der Waals surface area (Å²) in [6.45, 7) is 4.54. The number of aliphatic hydroxyl groups is 1. The van der Waals surface area contributed by atoms with Gasteiger partial charge < -0.3 is 10.4 Å². The van der Waals surface area contributed by atoms with E-state index in [2.05, 4.69) is 15.2 Å². The Morgan fingerprint density at radius 3 is 2.94 bits per heavy atom. The van der Waals surface area contributed by atoms with Gasteiger partial charge in [0.05, 0.1) is 6.04 Å². The molecule has 0 saturated carbocycles. The van der Waals surface area contributed by atoms with Crippen molar-refractivity contribution < 1.29 is 5.11 Å². The molecule has 1 fully saturated rings. The van der Waals surface area contributed by atoms with Crippen molar-refractivity contribution in [3.05, 3.63) is 16.6 Å². The quantitative estimate of drug-likeness (QED) is 0.803. The van der Waals surface area contributed by atoms with Crippen LogP contribution in [0.15, 0.2) is 11.6 Å². The van der Waals surface area contributed by atoms with Gasteiger partial charge in [0.15, 0.2) is 0 Å². The summed E-state index contributed by atoms with van der Waals surface area (Å²) in [5.41, 5.74) is 0. The van der Waals surface area contributed by atoms with E-state index in [1.54, 1.807) is 11.3 Å². The first-order valence-corrected chi connectivity index (χ1v) is 6.75. The molecule has 0 amide bonds. The highest BCUT2D eigenvalue weighted by Crippen LogP contribution is 2.27. The first-order valence-electron chi connectivity index (χ1n) is 5.87. The van der Waals surface area contributed by atoms with Crippen molar-refractivity contribution in [1.82, 2.24) is 15.2 Å². The molecule has 0 bridgehead atoms. The Morgan fingerprint density at radius 2 is 2.31 bits per heavy atom. The van der Waals surface area contributed by atoms with E-state index in [1.165, 1.54) is 5.01 Å². The Labute approximate surface area is 100 Å². The number of thiazole rings is 1. The molecule has 1 aliphatic heterocycles. The van der Waals surface area contributed by atoms with Crippen LogP contribution in [-0.2, 0) is 0 Å². The zero-order valence-corrected chi connectivity index (χ0v) is 10.2. The highest BCUT2D eigenvalue weighted by Gasteiger charge is 2.23. The van der Waals surface area contributed by atoms with Crippen LogP contribution in [0.3, 0.4) is 0 Å². The van der Waals surface area contributed by atoms with Gasteiger partial charge in [0, 0.05) is 44.4 Å². The molecule has 1 unspecified atom stereocenters. The van der Waals surface area contributed by atoms with E-state index in [0.717, 1.165) is 39.0 Å². The van der Waals surface area contributed by atoms with Gasteiger partial charge in [-0.1, -0.05) is 0 Å². The Kier molecular flexibility index (Phi) is 4.71. The summed E-state index contributed by atoms with van der Waals surface area (Å²) >= 11 is 1.72. The largest absolute Gasteiger partial charge is 0.396 e. The first kappa shape index (κ1) is 12.0. The van der Waals surface area contributed by atoms with Gasteiger partial charge in [-0.25, -0.2) is 4.98 Å². The summed E-state index contributed by atoms with van der Waals surface area (Å²) < 4.78 is 0. The molecule has 2 rings (SSSR count). The molecule has 1 aromatic heterocycles. The van der Waals surface area contributed by atoms with Crippen LogP contribution in [-0.4, -0.2) is 47.8 Å². The number of nitrogens with one attached hydrogen (secondary N) is 1. The van der Waals surface area contributed by atoms with Crippen molar-refractivity contribution in [2.24, 2.45) is 0 Å². The van der Waals surface area contributed by atoms with Gasteiger partial charge in [0.25, 0.3) is 0 Å². The minimum Gasteiger partial charge on any atom is -0.396 e. The van der Waals surface area contributed by atoms with E-state index in [4.69, 9.17) is 5.11 Å². The van der Waals surface area contributed by atoms with E-state index in [-0.39, 0.29) is 6.61 Å². The maximum absolute atomic E-state index is 8.96. The lowest BCUT2D eigenvalue weighted by molar-refractivity contribution is 0.154. The van der Waals surface area contributed by atoms with Crippen molar-refractivity contribution in [2.75, 3.05) is 32.8 Å². The number of rotatable bonds is 5. The number of aliphatic hydroxyl groups excluding tert-OH is 1. The highest BCUT2D eigenvalue weighted by atomic mass is 32.1. The molecule has 90 valence electrons. The smallest absolute Gasteiger partial charge is 0.110 e. The van der Waals surface area contributed by atoms with Crippen LogP contribution in [0, 0.1) is 0 Å². The molecule has 5 heteroatoms. The summed E-state index contributed by atoms with van der Waals surface area (Å²) in [5.74, 6) is 0. The zero-order valence-electron chi connectivity index (χ0n) is 9.43. The highest BCUT2D eigenvalue weighted by molar-refractivity contribution is 7.09. The third kappa shape index (κ3) is 3.01. The summed E-state index contributed by atoms with van der Waals surface area (Å²) in [6.07, 6.45) is 3.73. The Bertz CT molecular complexity index is 285. The van der Waals surface area contributed by atoms with Crippen LogP contribution in [0.2, 0.25) is 0 Å². The van der Waals surface area contributed by atoms with Gasteiger partial charge in [-0.3, -0.25) is 4.90 Å². The topological polar surface area (TPSA) is 48.4 Å². The van der Waals surface area contributed by atoms with Gasteiger partial charge in [-0.05, 0) is 12.8 Å². The SMILES string of the molecule is OCCCC(c1nccs1)N1CCNCC1. The first-order chi connectivity index (χ1) is 7.92. The van der Waals surface area contributed by atoms with Crippen molar-refractivity contribution in [3.63, 3.8) is 0 Å². The lowest BCUT2D eigenvalue weighted by Gasteiger charge is -2.33. The van der Waals surface area contributed by atoms with Gasteiger partial charge in [-0.2, -0.15) is 0 Å². The third-order valence-corrected chi connectivity index (χ3v) is 3.84. The molecule has 2 N–H and O–H groups in total. The standard InChI is InChI=1S/C11H19N3OS/c15-8-1-2-10(11-13-5-9-16-11)14-6-3-12-4-7-14/h5,9-10,12,15H,1-4,6-8H2. The molecule has 4 nitrogen and oxygen atoms in total. The van der Waals surface area contributed by atoms with Gasteiger partial charge >= 0.3 is 0 Å². The van der Waals surface area contributed by atoms with E-state index in [0.29, 0.717) is 6.04 Å². The van der Waals surface area contributed by atoms with Crippen LogP contribution in [0.1, 0.15) is 23.9 Å². The molecule has 0 radical (unpaired) electrons. The second-order valence-electron chi connectivity index (χ2n) is 4.04. The molecule has 1 aromatic rings. The van der Waals surface area contributed by atoms with Crippen molar-refractivity contribution >= 4 is 11.3 Å². The molecule has 0 spiro atoms. The van der Waals surface area contributed by atoms with Gasteiger partial charge in [0.1, 0.15) is 5.01 Å². The fourth-order valence-corrected chi connectivity index (χ4v) is 2.95. The van der Waals surface area contributed by atoms with Gasteiger partial charge in [0.2, 0.25) is 0 Å². The average Bonchev–Trinajstić information content (AvgIpc) is 2.85. The van der Waals surface area contributed by atoms with Crippen LogP contribution in [0.25, 0.3) is 0 Å². The number of hydrogen-bond acceptors (Lipinski definition) is 5. The Morgan fingerprint density at radius 1 is 1.50 bits per heavy atom. The number of hydrogen-bond donors (Lipinski definition) is 2. The van der Waals surface area contributed by atoms with Crippen molar-refractivity contribution in [3.8, 4) is 0 Å². The summed E-state index contributed by atoms with van der Waals surface area (Å²) in [7, 11) is 0. The monoisotopic (exact) mass is 241 g/mol. The normalized spacial score (nSPS) is 19.8. The minimum absolute atomic E-state index is 0.272. The second-order valence-corrected chi connectivity index (χ2v) is 4.96. The minimum atomic E-state index is 0.272. The van der Waals surface area contributed by atoms with E-state index < -0.39 is 0 Å². The number of nitrogens with zero attached hydrogens (tertiary/aromatic N) is 2. The van der Waals surface area contributed by atoms with E-state index >= 15 is 0 Å². The summed E-state index contributed by atoms with van der Waals surface area (Å²) in [4.78, 5) is 6.90. The predicted octanol–water partition coefficient (Wildman–Crippen LogP) is 0.862. The van der Waals surface area contributed by atoms with Gasteiger partial charge in [-0.15, -0.1) is 11.3 Å². The fraction of sp³-hybridized carbons (Fsp3) is 0.727. The third-order valence-electron chi connectivity index (χ3n) is 2.96. The molecule has 0 aliphatic carbocycles. The maximum Gasteiger partial charge on any atom is 0.110 e. The fourth-order valence-electron chi connectivity index (χ4n) is 2.14. The van der Waals surface area contributed by atoms with E-state index in [9.17, 15) is 0 Å². The maximum atomic E-state index is 8.96. The van der Waals surface area contributed by atoms with Crippen LogP contribution >= 0.6 is 11.3 Å². The molecular weight excluding hydrogens is 222 g/mol. The average molecular weight is 241 g/mol. The molecule has 16 heavy (non-hydrogen) atoms. The molecule has 0 aromatic carbocycles. The van der Waals surface area contributed by atoms with Crippen LogP contribution in [0.4, 0.5) is 0 Å². The number of aromatic nitrogens is 1. The van der Waals surface area contributed by atoms with Crippen LogP contribution < -0.4 is 5.32 Å². The molecular formula is C11H19N3OS. The lowest BCUT2D eigenvalue weighted by Crippen LogP contribution is -2.45. The lowest BCUT2D eigenvalue weighted by atomic mass is 10.1. The van der Waals surface area contributed by atoms with Crippen molar-refractivity contribution in [2.45, 2.75) is 18.9 Å². The second kappa shape index (κ2) is 6.30. The molecule has 1 atom stereocenters. The summed E-state index contributed by atoms with van der Waals surface area (Å²) in [5, 5.41) is 15.5. The molecule has 1 saturated heterocycles. The molecule has 1 aliphatic rings. The van der Waals surface area contributed by atoms with Crippen molar-refractivity contribution in [1.29, 1.82) is 0 Å². The summed E-state index contributed by atoms with van der Waals surface area (Å²) in [6, 6.07) is 0.397. The number of piperazine rings is 1. The zero-order chi connectivity index (χ0) is 11.2. The Balaban J connectivity index is 2.01. The molecule has 2 heterocycles. The van der Waals surface area contributed by atoms with Crippen LogP contribution in [0.5, 0.6) is 0 Å².